The number of hydrogen-bond donors (Lipinski definition) is 6. The van der Waals surface area contributed by atoms with Crippen LogP contribution in [0.3, 0.4) is 0 Å². The van der Waals surface area contributed by atoms with E-state index in [1.165, 1.54) is 13.8 Å². The number of rotatable bonds is 26. The van der Waals surface area contributed by atoms with E-state index in [4.69, 9.17) is 27.6 Å². The van der Waals surface area contributed by atoms with Crippen molar-refractivity contribution in [3.05, 3.63) is 0 Å². The molecule has 0 bridgehead atoms. The Labute approximate surface area is 260 Å². The van der Waals surface area contributed by atoms with Crippen molar-refractivity contribution < 1.29 is 60.9 Å². The maximum atomic E-state index is 12.1. The number of nitrogens with one attached hydrogen (secondary N) is 4. The molecule has 17 nitrogen and oxygen atoms in total. The molecular formula is C25H52N4O13P2. The van der Waals surface area contributed by atoms with E-state index >= 15 is 0 Å². The second-order valence-corrected chi connectivity index (χ2v) is 13.6. The lowest BCUT2D eigenvalue weighted by atomic mass is 10.1. The van der Waals surface area contributed by atoms with Crippen molar-refractivity contribution in [3.63, 3.8) is 0 Å². The minimum absolute atomic E-state index is 0.0840. The Kier molecular flexibility index (Phi) is 22.8. The summed E-state index contributed by atoms with van der Waals surface area (Å²) >= 11 is 0. The van der Waals surface area contributed by atoms with Gasteiger partial charge in [-0.15, -0.1) is 0 Å². The van der Waals surface area contributed by atoms with Gasteiger partial charge in [0, 0.05) is 40.2 Å². The highest BCUT2D eigenvalue weighted by atomic mass is 31.2. The third-order valence-electron chi connectivity index (χ3n) is 5.29. The third-order valence-corrected chi connectivity index (χ3v) is 7.26. The molecular weight excluding hydrogens is 626 g/mol. The van der Waals surface area contributed by atoms with E-state index in [1.54, 1.807) is 0 Å². The lowest BCUT2D eigenvalue weighted by molar-refractivity contribution is -0.121. The molecule has 0 aromatic heterocycles. The van der Waals surface area contributed by atoms with Crippen LogP contribution in [-0.2, 0) is 46.3 Å². The van der Waals surface area contributed by atoms with Crippen LogP contribution in [0.15, 0.2) is 0 Å². The third kappa shape index (κ3) is 26.7. The fraction of sp³-hybridized carbons (Fsp3) is 0.880. The van der Waals surface area contributed by atoms with Crippen LogP contribution in [0.2, 0.25) is 0 Å². The van der Waals surface area contributed by atoms with Crippen molar-refractivity contribution >= 4 is 33.5 Å². The minimum Gasteiger partial charge on any atom is -0.379 e. The van der Waals surface area contributed by atoms with Crippen LogP contribution >= 0.6 is 15.6 Å². The molecule has 0 aliphatic heterocycles. The summed E-state index contributed by atoms with van der Waals surface area (Å²) in [5.41, 5.74) is 0. The number of phosphoric ester groups is 2. The molecule has 0 fully saturated rings. The van der Waals surface area contributed by atoms with Crippen molar-refractivity contribution in [2.24, 2.45) is 11.8 Å². The number of phosphoric acid groups is 2. The number of urea groups is 1. The number of carbonyl (C=O) groups is 3. The average Bonchev–Trinajstić information content (AvgIpc) is 2.90. The van der Waals surface area contributed by atoms with Gasteiger partial charge in [0.25, 0.3) is 0 Å². The Morgan fingerprint density at radius 1 is 0.614 bits per heavy atom. The molecule has 0 saturated carbocycles. The van der Waals surface area contributed by atoms with Gasteiger partial charge in [0.2, 0.25) is 11.8 Å². The molecule has 4 amide bonds. The Hall–Kier alpha value is -1.65. The zero-order valence-corrected chi connectivity index (χ0v) is 28.4. The number of carbonyl (C=O) groups excluding carboxylic acids is 3. The van der Waals surface area contributed by atoms with E-state index in [2.05, 4.69) is 21.3 Å². The number of amides is 4. The lowest BCUT2D eigenvalue weighted by Gasteiger charge is -2.20. The molecule has 4 atom stereocenters. The molecule has 0 saturated heterocycles. The van der Waals surface area contributed by atoms with Crippen molar-refractivity contribution in [3.8, 4) is 0 Å². The molecule has 0 aliphatic carbocycles. The quantitative estimate of drug-likeness (QED) is 0.0566. The fourth-order valence-electron chi connectivity index (χ4n) is 3.08. The van der Waals surface area contributed by atoms with E-state index in [0.29, 0.717) is 25.0 Å². The van der Waals surface area contributed by atoms with Gasteiger partial charge in [-0.1, -0.05) is 27.7 Å². The molecule has 0 radical (unpaired) electrons. The average molecular weight is 679 g/mol. The highest BCUT2D eigenvalue weighted by Crippen LogP contribution is 2.43. The van der Waals surface area contributed by atoms with E-state index in [0.717, 1.165) is 12.8 Å². The smallest absolute Gasteiger partial charge is 0.379 e. The van der Waals surface area contributed by atoms with Crippen molar-refractivity contribution in [2.45, 2.75) is 66.5 Å². The van der Waals surface area contributed by atoms with Crippen LogP contribution in [0.5, 0.6) is 0 Å². The second-order valence-electron chi connectivity index (χ2n) is 10.7. The van der Waals surface area contributed by atoms with E-state index in [1.807, 2.05) is 27.7 Å². The van der Waals surface area contributed by atoms with Crippen LogP contribution in [0, 0.1) is 11.8 Å². The van der Waals surface area contributed by atoms with Gasteiger partial charge in [-0.3, -0.25) is 27.7 Å². The summed E-state index contributed by atoms with van der Waals surface area (Å²) in [6.45, 7) is 10.1. The molecule has 0 spiro atoms. The van der Waals surface area contributed by atoms with Gasteiger partial charge in [-0.25, -0.2) is 13.9 Å². The Bertz CT molecular complexity index is 856. The molecule has 0 rings (SSSR count). The molecule has 0 aromatic rings. The minimum atomic E-state index is -4.49. The van der Waals surface area contributed by atoms with Crippen molar-refractivity contribution in [2.75, 3.05) is 65.9 Å². The van der Waals surface area contributed by atoms with Gasteiger partial charge in [0.1, 0.15) is 0 Å². The summed E-state index contributed by atoms with van der Waals surface area (Å²) in [5.74, 6) is 0.156. The Morgan fingerprint density at radius 3 is 1.30 bits per heavy atom. The van der Waals surface area contributed by atoms with E-state index < -0.39 is 33.8 Å². The van der Waals surface area contributed by atoms with Gasteiger partial charge in [-0.2, -0.15) is 0 Å². The topological polar surface area (TPSA) is 229 Å². The molecule has 0 aliphatic rings. The summed E-state index contributed by atoms with van der Waals surface area (Å²) in [4.78, 5) is 54.4. The molecule has 19 heteroatoms. The van der Waals surface area contributed by atoms with Gasteiger partial charge < -0.3 is 40.5 Å². The normalized spacial score (nSPS) is 15.7. The zero-order valence-electron chi connectivity index (χ0n) is 26.6. The van der Waals surface area contributed by atoms with Crippen molar-refractivity contribution in [1.82, 2.24) is 21.3 Å². The maximum absolute atomic E-state index is 12.1. The van der Waals surface area contributed by atoms with Gasteiger partial charge in [0.15, 0.2) is 0 Å². The summed E-state index contributed by atoms with van der Waals surface area (Å²) < 4.78 is 54.8. The highest BCUT2D eigenvalue weighted by Gasteiger charge is 2.25. The molecule has 0 heterocycles. The van der Waals surface area contributed by atoms with Crippen LogP contribution in [0.4, 0.5) is 4.79 Å². The fourth-order valence-corrected chi connectivity index (χ4v) is 4.61. The monoisotopic (exact) mass is 678 g/mol. The van der Waals surface area contributed by atoms with E-state index in [-0.39, 0.29) is 64.5 Å². The van der Waals surface area contributed by atoms with Crippen LogP contribution in [0.1, 0.15) is 54.4 Å². The molecule has 0 aromatic carbocycles. The predicted molar refractivity (Wildman–Crippen MR) is 161 cm³/mol. The molecule has 6 N–H and O–H groups in total. The summed E-state index contributed by atoms with van der Waals surface area (Å²) in [7, 11) is -8.97. The van der Waals surface area contributed by atoms with Crippen LogP contribution in [-0.4, -0.2) is 106 Å². The highest BCUT2D eigenvalue weighted by molar-refractivity contribution is 7.47. The first kappa shape index (κ1) is 42.3. The largest absolute Gasteiger partial charge is 0.472 e. The van der Waals surface area contributed by atoms with Crippen molar-refractivity contribution in [1.29, 1.82) is 0 Å². The molecule has 2 unspecified atom stereocenters. The number of ether oxygens (including phenoxy) is 2. The first-order valence-electron chi connectivity index (χ1n) is 14.5. The summed E-state index contributed by atoms with van der Waals surface area (Å²) in [5, 5.41) is 9.88. The second kappa shape index (κ2) is 23.7. The van der Waals surface area contributed by atoms with Crippen LogP contribution < -0.4 is 21.3 Å². The first-order valence-corrected chi connectivity index (χ1v) is 17.5. The van der Waals surface area contributed by atoms with Gasteiger partial charge in [0.05, 0.1) is 51.7 Å². The predicted octanol–water partition coefficient (Wildman–Crippen LogP) is 1.69. The standard InChI is InChI=1S/C25H52N4O13P2/c1-19(2)7-11-37-15-23(28-21(5)30)17-41-43(33,34)39-13-9-26-25(32)27-10-14-40-44(35,36)42-18-24(29-22(6)31)16-38-12-8-20(3)4/h19-20,23-24H,7-18H2,1-6H3,(H,28,30)(H,29,31)(H,33,34)(H,35,36)(H2,26,27,32)/t23-,24-/m1/s1. The first-order chi connectivity index (χ1) is 20.5. The van der Waals surface area contributed by atoms with Gasteiger partial charge >= 0.3 is 21.7 Å². The summed E-state index contributed by atoms with van der Waals surface area (Å²) in [6.07, 6.45) is 1.63. The summed E-state index contributed by atoms with van der Waals surface area (Å²) in [6, 6.07) is -2.03. The maximum Gasteiger partial charge on any atom is 0.472 e. The van der Waals surface area contributed by atoms with Crippen LogP contribution in [0.25, 0.3) is 0 Å². The Balaban J connectivity index is 4.27. The SMILES string of the molecule is CC(=O)N[C@H](COCCC(C)C)COP(=O)(O)OCCNC(=O)NCCOP(=O)(O)OC[C@@H](COCCC(C)C)NC(C)=O. The van der Waals surface area contributed by atoms with Gasteiger partial charge in [-0.05, 0) is 24.7 Å². The molecule has 44 heavy (non-hydrogen) atoms. The van der Waals surface area contributed by atoms with E-state index in [9.17, 15) is 33.3 Å². The Morgan fingerprint density at radius 2 is 0.977 bits per heavy atom. The zero-order chi connectivity index (χ0) is 33.6. The lowest BCUT2D eigenvalue weighted by Crippen LogP contribution is -2.40. The number of hydrogen-bond acceptors (Lipinski definition) is 11. The molecule has 260 valence electrons.